The van der Waals surface area contributed by atoms with Crippen molar-refractivity contribution in [2.75, 3.05) is 22.9 Å². The molecular formula is C33H38N4. The molecular weight excluding hydrogens is 452 g/mol. The third-order valence-corrected chi connectivity index (χ3v) is 6.58. The molecule has 1 N–H and O–H groups in total. The number of rotatable bonds is 11. The van der Waals surface area contributed by atoms with Gasteiger partial charge in [0.25, 0.3) is 0 Å². The van der Waals surface area contributed by atoms with E-state index >= 15 is 0 Å². The summed E-state index contributed by atoms with van der Waals surface area (Å²) < 4.78 is 0. The Morgan fingerprint density at radius 3 is 1.43 bits per heavy atom. The number of hydrogen-bond donors (Lipinski definition) is 1. The first-order valence-electron chi connectivity index (χ1n) is 13.4. The molecule has 0 spiro atoms. The Labute approximate surface area is 222 Å². The normalized spacial score (nSPS) is 12.6. The standard InChI is InChI=1S/C33H38N4/c1-4-6-24-36(30-16-8-26(3)9-17-30)32-20-22-33(23-21-32)37(25-7-5-2)31-18-14-29(15-19-31)35-28-12-10-27(34)11-13-28/h8-23,34H,4-7,24-25H2,1-3H3. The first-order valence-corrected chi connectivity index (χ1v) is 13.4. The van der Waals surface area contributed by atoms with Crippen molar-refractivity contribution in [2.45, 2.75) is 46.5 Å². The number of aryl methyl sites for hydroxylation is 1. The van der Waals surface area contributed by atoms with Gasteiger partial charge in [-0.25, -0.2) is 4.99 Å². The number of hydrogen-bond acceptors (Lipinski definition) is 4. The molecule has 0 radical (unpaired) electrons. The lowest BCUT2D eigenvalue weighted by atomic mass is 10.1. The molecule has 4 heteroatoms. The summed E-state index contributed by atoms with van der Waals surface area (Å²) in [5, 5.41) is 7.65. The van der Waals surface area contributed by atoms with Gasteiger partial charge in [0, 0.05) is 35.8 Å². The predicted octanol–water partition coefficient (Wildman–Crippen LogP) is 9.09. The molecule has 190 valence electrons. The minimum absolute atomic E-state index is 0.499. The quantitative estimate of drug-likeness (QED) is 0.272. The van der Waals surface area contributed by atoms with Crippen LogP contribution in [0.4, 0.5) is 28.4 Å². The van der Waals surface area contributed by atoms with E-state index in [0.717, 1.165) is 43.8 Å². The Morgan fingerprint density at radius 1 is 0.595 bits per heavy atom. The van der Waals surface area contributed by atoms with Gasteiger partial charge in [-0.3, -0.25) is 0 Å². The molecule has 0 aromatic heterocycles. The molecule has 0 heterocycles. The Hall–Kier alpha value is -3.92. The van der Waals surface area contributed by atoms with E-state index in [2.05, 4.69) is 103 Å². The zero-order valence-corrected chi connectivity index (χ0v) is 22.3. The summed E-state index contributed by atoms with van der Waals surface area (Å²) in [4.78, 5) is 9.52. The van der Waals surface area contributed by atoms with Crippen molar-refractivity contribution in [1.29, 1.82) is 5.41 Å². The summed E-state index contributed by atoms with van der Waals surface area (Å²) in [6.07, 6.45) is 11.9. The average Bonchev–Trinajstić information content (AvgIpc) is 2.93. The van der Waals surface area contributed by atoms with Crippen LogP contribution in [0.5, 0.6) is 0 Å². The highest BCUT2D eigenvalue weighted by Gasteiger charge is 2.13. The number of benzene rings is 3. The lowest BCUT2D eigenvalue weighted by molar-refractivity contribution is 0.782. The molecule has 3 aromatic rings. The predicted molar refractivity (Wildman–Crippen MR) is 161 cm³/mol. The second kappa shape index (κ2) is 12.9. The van der Waals surface area contributed by atoms with Crippen molar-refractivity contribution in [3.05, 3.63) is 103 Å². The third kappa shape index (κ3) is 7.07. The summed E-state index contributed by atoms with van der Waals surface area (Å²) in [6.45, 7) is 8.59. The average molecular weight is 491 g/mol. The summed E-state index contributed by atoms with van der Waals surface area (Å²) >= 11 is 0. The lowest BCUT2D eigenvalue weighted by Crippen LogP contribution is -2.20. The fourth-order valence-electron chi connectivity index (χ4n) is 4.38. The van der Waals surface area contributed by atoms with Crippen molar-refractivity contribution in [3.63, 3.8) is 0 Å². The monoisotopic (exact) mass is 490 g/mol. The van der Waals surface area contributed by atoms with Crippen molar-refractivity contribution in [2.24, 2.45) is 4.99 Å². The van der Waals surface area contributed by atoms with Gasteiger partial charge in [0.05, 0.1) is 17.1 Å². The topological polar surface area (TPSA) is 42.7 Å². The van der Waals surface area contributed by atoms with Crippen LogP contribution in [-0.2, 0) is 0 Å². The molecule has 0 unspecified atom stereocenters. The van der Waals surface area contributed by atoms with Crippen molar-refractivity contribution in [1.82, 2.24) is 0 Å². The first-order chi connectivity index (χ1) is 18.1. The molecule has 4 nitrogen and oxygen atoms in total. The first kappa shape index (κ1) is 26.2. The molecule has 0 saturated heterocycles. The minimum atomic E-state index is 0.499. The van der Waals surface area contributed by atoms with Gasteiger partial charge in [-0.1, -0.05) is 44.4 Å². The number of allylic oxidation sites excluding steroid dienone is 4. The summed E-state index contributed by atoms with van der Waals surface area (Å²) in [7, 11) is 0. The second-order valence-electron chi connectivity index (χ2n) is 9.54. The zero-order chi connectivity index (χ0) is 26.0. The number of unbranched alkanes of at least 4 members (excludes halogenated alkanes) is 2. The largest absolute Gasteiger partial charge is 0.341 e. The summed E-state index contributed by atoms with van der Waals surface area (Å²) in [6, 6.07) is 26.3. The minimum Gasteiger partial charge on any atom is -0.341 e. The van der Waals surface area contributed by atoms with E-state index in [1.54, 1.807) is 12.2 Å². The SMILES string of the molecule is CCCCN(c1ccc(C)cc1)c1ccc(N(CCCC)c2ccc(N=C3C=CC(=N)C=C3)cc2)cc1. The van der Waals surface area contributed by atoms with Crippen LogP contribution in [-0.4, -0.2) is 24.5 Å². The van der Waals surface area contributed by atoms with Gasteiger partial charge >= 0.3 is 0 Å². The Morgan fingerprint density at radius 2 is 1.00 bits per heavy atom. The van der Waals surface area contributed by atoms with Crippen LogP contribution >= 0.6 is 0 Å². The molecule has 0 saturated carbocycles. The summed E-state index contributed by atoms with van der Waals surface area (Å²) in [5.41, 5.74) is 8.40. The fraction of sp³-hybridized carbons (Fsp3) is 0.273. The van der Waals surface area contributed by atoms with Gasteiger partial charge in [0.15, 0.2) is 0 Å². The van der Waals surface area contributed by atoms with Crippen LogP contribution in [0.15, 0.2) is 102 Å². The van der Waals surface area contributed by atoms with Crippen molar-refractivity contribution in [3.8, 4) is 0 Å². The van der Waals surface area contributed by atoms with Gasteiger partial charge in [-0.15, -0.1) is 0 Å². The highest BCUT2D eigenvalue weighted by Crippen LogP contribution is 2.32. The van der Waals surface area contributed by atoms with Crippen LogP contribution in [0, 0.1) is 12.3 Å². The lowest BCUT2D eigenvalue weighted by Gasteiger charge is -2.28. The molecule has 1 aliphatic rings. The van der Waals surface area contributed by atoms with Gasteiger partial charge < -0.3 is 15.2 Å². The van der Waals surface area contributed by atoms with E-state index in [1.165, 1.54) is 34.7 Å². The molecule has 0 amide bonds. The van der Waals surface area contributed by atoms with Crippen LogP contribution in [0.25, 0.3) is 0 Å². The Kier molecular flexibility index (Phi) is 9.09. The Bertz CT molecular complexity index is 1230. The van der Waals surface area contributed by atoms with Crippen LogP contribution in [0.3, 0.4) is 0 Å². The molecule has 0 fully saturated rings. The molecule has 3 aromatic carbocycles. The van der Waals surface area contributed by atoms with Gasteiger partial charge in [-0.2, -0.15) is 0 Å². The third-order valence-electron chi connectivity index (χ3n) is 6.58. The van der Waals surface area contributed by atoms with E-state index in [9.17, 15) is 0 Å². The number of nitrogens with one attached hydrogen (secondary N) is 1. The maximum Gasteiger partial charge on any atom is 0.0638 e. The molecule has 4 rings (SSSR count). The Balaban J connectivity index is 1.57. The summed E-state index contributed by atoms with van der Waals surface area (Å²) in [5.74, 6) is 0. The van der Waals surface area contributed by atoms with Gasteiger partial charge in [0.2, 0.25) is 0 Å². The van der Waals surface area contributed by atoms with Crippen molar-refractivity contribution >= 4 is 39.9 Å². The maximum atomic E-state index is 7.65. The highest BCUT2D eigenvalue weighted by atomic mass is 15.1. The number of nitrogens with zero attached hydrogens (tertiary/aromatic N) is 3. The number of anilines is 4. The van der Waals surface area contributed by atoms with Gasteiger partial charge in [0.1, 0.15) is 0 Å². The van der Waals surface area contributed by atoms with Gasteiger partial charge in [-0.05, 0) is 105 Å². The molecule has 37 heavy (non-hydrogen) atoms. The molecule has 0 bridgehead atoms. The smallest absolute Gasteiger partial charge is 0.0638 e. The van der Waals surface area contributed by atoms with Crippen LogP contribution in [0.1, 0.15) is 45.1 Å². The van der Waals surface area contributed by atoms with Crippen LogP contribution < -0.4 is 9.80 Å². The fourth-order valence-corrected chi connectivity index (χ4v) is 4.38. The van der Waals surface area contributed by atoms with Crippen LogP contribution in [0.2, 0.25) is 0 Å². The van der Waals surface area contributed by atoms with E-state index in [1.807, 2.05) is 12.2 Å². The zero-order valence-electron chi connectivity index (χ0n) is 22.3. The number of aliphatic imine (C=N–C) groups is 1. The van der Waals surface area contributed by atoms with E-state index in [-0.39, 0.29) is 0 Å². The maximum absolute atomic E-state index is 7.65. The van der Waals surface area contributed by atoms with E-state index in [4.69, 9.17) is 10.4 Å². The highest BCUT2D eigenvalue weighted by molar-refractivity contribution is 6.18. The molecule has 0 aliphatic heterocycles. The second-order valence-corrected chi connectivity index (χ2v) is 9.54. The van der Waals surface area contributed by atoms with E-state index < -0.39 is 0 Å². The molecule has 1 aliphatic carbocycles. The molecule has 0 atom stereocenters. The van der Waals surface area contributed by atoms with Crippen molar-refractivity contribution < 1.29 is 0 Å². The van der Waals surface area contributed by atoms with E-state index in [0.29, 0.717) is 5.71 Å².